The summed E-state index contributed by atoms with van der Waals surface area (Å²) in [4.78, 5) is 11.9. The molecule has 0 aromatic heterocycles. The van der Waals surface area contributed by atoms with E-state index in [0.717, 1.165) is 25.7 Å². The second kappa shape index (κ2) is 9.55. The molecule has 1 aliphatic carbocycles. The third kappa shape index (κ3) is 6.12. The molecule has 1 amide bonds. The van der Waals surface area contributed by atoms with Crippen LogP contribution in [0.4, 0.5) is 0 Å². The molecule has 9 heteroatoms. The first-order valence-corrected chi connectivity index (χ1v) is 10.4. The van der Waals surface area contributed by atoms with Crippen LogP contribution in [-0.2, 0) is 19.6 Å². The van der Waals surface area contributed by atoms with E-state index in [1.165, 1.54) is 18.2 Å². The fourth-order valence-corrected chi connectivity index (χ4v) is 4.48. The Hall–Kier alpha value is -1.35. The van der Waals surface area contributed by atoms with Gasteiger partial charge in [-0.25, -0.2) is 13.1 Å². The average Bonchev–Trinajstić information content (AvgIpc) is 3.06. The van der Waals surface area contributed by atoms with Gasteiger partial charge in [-0.15, -0.1) is 0 Å². The second-order valence-corrected chi connectivity index (χ2v) is 8.53. The molecule has 7 nitrogen and oxygen atoms in total. The maximum atomic E-state index is 12.4. The zero-order valence-electron chi connectivity index (χ0n) is 15.0. The number of hydrogen-bond acceptors (Lipinski definition) is 5. The highest BCUT2D eigenvalue weighted by molar-refractivity contribution is 7.89. The van der Waals surface area contributed by atoms with Crippen LogP contribution in [0.15, 0.2) is 23.1 Å². The molecule has 1 aromatic carbocycles. The number of hydrogen-bond donors (Lipinski definition) is 2. The molecule has 1 aliphatic rings. The van der Waals surface area contributed by atoms with Crippen molar-refractivity contribution in [3.05, 3.63) is 23.2 Å². The van der Waals surface area contributed by atoms with Crippen LogP contribution in [0.25, 0.3) is 0 Å². The van der Waals surface area contributed by atoms with Gasteiger partial charge in [0.1, 0.15) is 5.75 Å². The van der Waals surface area contributed by atoms with Crippen LogP contribution in [0.2, 0.25) is 5.02 Å². The van der Waals surface area contributed by atoms with Crippen LogP contribution in [0.5, 0.6) is 5.75 Å². The molecule has 1 saturated carbocycles. The fraction of sp³-hybridized carbons (Fsp3) is 0.588. The molecule has 1 atom stereocenters. The summed E-state index contributed by atoms with van der Waals surface area (Å²) in [6.07, 6.45) is 3.77. The minimum Gasteiger partial charge on any atom is -0.482 e. The van der Waals surface area contributed by atoms with Gasteiger partial charge in [0.05, 0.1) is 16.5 Å². The summed E-state index contributed by atoms with van der Waals surface area (Å²) in [7, 11) is -2.07. The Morgan fingerprint density at radius 2 is 2.04 bits per heavy atom. The van der Waals surface area contributed by atoms with Gasteiger partial charge in [0.15, 0.2) is 6.61 Å². The van der Waals surface area contributed by atoms with Gasteiger partial charge in [0, 0.05) is 19.2 Å². The number of amides is 1. The molecule has 1 aromatic rings. The lowest BCUT2D eigenvalue weighted by Gasteiger charge is -2.15. The lowest BCUT2D eigenvalue weighted by Crippen LogP contribution is -2.38. The minimum atomic E-state index is -3.62. The lowest BCUT2D eigenvalue weighted by molar-refractivity contribution is -0.124. The predicted molar refractivity (Wildman–Crippen MR) is 99.0 cm³/mol. The van der Waals surface area contributed by atoms with Gasteiger partial charge in [0.2, 0.25) is 10.0 Å². The lowest BCUT2D eigenvalue weighted by atomic mass is 10.3. The Morgan fingerprint density at radius 3 is 2.65 bits per heavy atom. The van der Waals surface area contributed by atoms with Crippen LogP contribution in [0, 0.1) is 0 Å². The van der Waals surface area contributed by atoms with Crippen molar-refractivity contribution >= 4 is 27.5 Å². The molecule has 0 aliphatic heterocycles. The van der Waals surface area contributed by atoms with Gasteiger partial charge >= 0.3 is 0 Å². The smallest absolute Gasteiger partial charge is 0.258 e. The van der Waals surface area contributed by atoms with E-state index in [1.54, 1.807) is 7.11 Å². The molecule has 0 heterocycles. The molecule has 0 unspecified atom stereocenters. The van der Waals surface area contributed by atoms with Crippen LogP contribution < -0.4 is 14.8 Å². The molecule has 0 spiro atoms. The van der Waals surface area contributed by atoms with Crippen molar-refractivity contribution in [1.29, 1.82) is 0 Å². The van der Waals surface area contributed by atoms with E-state index in [4.69, 9.17) is 21.1 Å². The van der Waals surface area contributed by atoms with E-state index in [0.29, 0.717) is 6.61 Å². The first-order chi connectivity index (χ1) is 12.3. The quantitative estimate of drug-likeness (QED) is 0.657. The number of carbonyl (C=O) groups is 1. The van der Waals surface area contributed by atoms with Crippen molar-refractivity contribution in [3.63, 3.8) is 0 Å². The largest absolute Gasteiger partial charge is 0.482 e. The van der Waals surface area contributed by atoms with Crippen LogP contribution in [-0.4, -0.2) is 46.7 Å². The molecule has 2 rings (SSSR count). The van der Waals surface area contributed by atoms with Gasteiger partial charge < -0.3 is 14.8 Å². The van der Waals surface area contributed by atoms with Crippen molar-refractivity contribution in [1.82, 2.24) is 10.0 Å². The van der Waals surface area contributed by atoms with Gasteiger partial charge in [-0.3, -0.25) is 4.79 Å². The summed E-state index contributed by atoms with van der Waals surface area (Å²) in [5, 5.41) is 2.84. The van der Waals surface area contributed by atoms with Crippen molar-refractivity contribution in [3.8, 4) is 5.75 Å². The first kappa shape index (κ1) is 21.0. The van der Waals surface area contributed by atoms with Gasteiger partial charge in [-0.2, -0.15) is 0 Å². The number of methoxy groups -OCH3 is 1. The van der Waals surface area contributed by atoms with Crippen LogP contribution >= 0.6 is 11.6 Å². The van der Waals surface area contributed by atoms with E-state index in [-0.39, 0.29) is 40.3 Å². The van der Waals surface area contributed by atoms with E-state index in [1.807, 2.05) is 6.92 Å². The Morgan fingerprint density at radius 1 is 1.35 bits per heavy atom. The SMILES string of the molecule is COC[C@@H](C)NC(=O)COc1ccc(S(=O)(=O)NC2CCCC2)cc1Cl. The molecule has 0 radical (unpaired) electrons. The van der Waals surface area contributed by atoms with E-state index in [2.05, 4.69) is 10.0 Å². The average molecular weight is 405 g/mol. The Balaban J connectivity index is 1.95. The first-order valence-electron chi connectivity index (χ1n) is 8.55. The number of nitrogens with one attached hydrogen (secondary N) is 2. The van der Waals surface area contributed by atoms with Crippen molar-refractivity contribution in [2.24, 2.45) is 0 Å². The standard InChI is InChI=1S/C17H25ClN2O5S/c1-12(10-24-2)19-17(21)11-25-16-8-7-14(9-15(16)18)26(22,23)20-13-5-3-4-6-13/h7-9,12-13,20H,3-6,10-11H2,1-2H3,(H,19,21)/t12-/m1/s1. The monoisotopic (exact) mass is 404 g/mol. The van der Waals surface area contributed by atoms with Crippen molar-refractivity contribution in [2.75, 3.05) is 20.3 Å². The molecule has 0 bridgehead atoms. The molecular formula is C17H25ClN2O5S. The third-order valence-corrected chi connectivity index (χ3v) is 5.89. The Kier molecular flexibility index (Phi) is 7.69. The number of halogens is 1. The molecule has 26 heavy (non-hydrogen) atoms. The normalized spacial score (nSPS) is 16.4. The highest BCUT2D eigenvalue weighted by Crippen LogP contribution is 2.28. The molecule has 2 N–H and O–H groups in total. The summed E-state index contributed by atoms with van der Waals surface area (Å²) in [6.45, 7) is 1.98. The minimum absolute atomic E-state index is 0.0208. The maximum Gasteiger partial charge on any atom is 0.258 e. The number of benzene rings is 1. The molecule has 0 saturated heterocycles. The predicted octanol–water partition coefficient (Wildman–Crippen LogP) is 2.09. The summed E-state index contributed by atoms with van der Waals surface area (Å²) in [5.41, 5.74) is 0. The summed E-state index contributed by atoms with van der Waals surface area (Å²) < 4.78 is 37.8. The van der Waals surface area contributed by atoms with E-state index >= 15 is 0 Å². The molecule has 146 valence electrons. The van der Waals surface area contributed by atoms with E-state index < -0.39 is 10.0 Å². The van der Waals surface area contributed by atoms with Gasteiger partial charge in [0.25, 0.3) is 5.91 Å². The summed E-state index contributed by atoms with van der Waals surface area (Å²) in [6, 6.07) is 4.05. The number of rotatable bonds is 9. The van der Waals surface area contributed by atoms with Gasteiger partial charge in [-0.05, 0) is 38.0 Å². The molecule has 1 fully saturated rings. The number of sulfonamides is 1. The second-order valence-electron chi connectivity index (χ2n) is 6.41. The fourth-order valence-electron chi connectivity index (χ4n) is 2.85. The van der Waals surface area contributed by atoms with Gasteiger partial charge in [-0.1, -0.05) is 24.4 Å². The number of ether oxygens (including phenoxy) is 2. The van der Waals surface area contributed by atoms with Crippen molar-refractivity contribution < 1.29 is 22.7 Å². The number of carbonyl (C=O) groups excluding carboxylic acids is 1. The zero-order valence-corrected chi connectivity index (χ0v) is 16.5. The van der Waals surface area contributed by atoms with Crippen LogP contribution in [0.1, 0.15) is 32.6 Å². The Bertz CT molecular complexity index is 720. The van der Waals surface area contributed by atoms with Crippen LogP contribution in [0.3, 0.4) is 0 Å². The Labute approximate surface area is 159 Å². The topological polar surface area (TPSA) is 93.7 Å². The molecular weight excluding hydrogens is 380 g/mol. The maximum absolute atomic E-state index is 12.4. The summed E-state index contributed by atoms with van der Waals surface area (Å²) >= 11 is 6.12. The van der Waals surface area contributed by atoms with Crippen molar-refractivity contribution in [2.45, 2.75) is 49.6 Å². The third-order valence-electron chi connectivity index (χ3n) is 4.07. The zero-order chi connectivity index (χ0) is 19.2. The highest BCUT2D eigenvalue weighted by Gasteiger charge is 2.23. The highest BCUT2D eigenvalue weighted by atomic mass is 35.5. The summed E-state index contributed by atoms with van der Waals surface area (Å²) in [5.74, 6) is -0.0637. The van der Waals surface area contributed by atoms with E-state index in [9.17, 15) is 13.2 Å².